The molecule has 0 amide bonds. The quantitative estimate of drug-likeness (QED) is 0.373. The van der Waals surface area contributed by atoms with Gasteiger partial charge in [-0.15, -0.1) is 0 Å². The Kier molecular flexibility index (Phi) is 4.37. The van der Waals surface area contributed by atoms with Crippen molar-refractivity contribution < 1.29 is 38.2 Å². The third kappa shape index (κ3) is 3.17. The number of nitrogens with one attached hydrogen (secondary N) is 1. The zero-order valence-corrected chi connectivity index (χ0v) is 11.6. The van der Waals surface area contributed by atoms with E-state index in [1.165, 1.54) is 0 Å². The van der Waals surface area contributed by atoms with Crippen LogP contribution in [0.2, 0.25) is 0 Å². The maximum Gasteiger partial charge on any atom is 0.470 e. The molecule has 0 saturated carbocycles. The Hall–Kier alpha value is -1.40. The van der Waals surface area contributed by atoms with Crippen LogP contribution in [0.1, 0.15) is 6.23 Å². The summed E-state index contributed by atoms with van der Waals surface area (Å²) in [6.45, 7) is -0.953. The monoisotopic (exact) mass is 342 g/mol. The molecule has 1 aromatic rings. The van der Waals surface area contributed by atoms with Gasteiger partial charge in [0.1, 0.15) is 6.10 Å². The molecule has 1 aliphatic rings. The van der Waals surface area contributed by atoms with Gasteiger partial charge < -0.3 is 24.7 Å². The van der Waals surface area contributed by atoms with E-state index in [1.807, 2.05) is 0 Å². The number of rotatable bonds is 4. The highest BCUT2D eigenvalue weighted by molar-refractivity contribution is 7.46. The predicted molar refractivity (Wildman–Crippen MR) is 65.3 cm³/mol. The number of hydrogen-bond acceptors (Lipinski definition) is 7. The Labute approximate surface area is 120 Å². The van der Waals surface area contributed by atoms with E-state index in [2.05, 4.69) is 4.52 Å². The molecule has 0 aliphatic carbocycles. The summed E-state index contributed by atoms with van der Waals surface area (Å²) in [7, 11) is -5.22. The third-order valence-electron chi connectivity index (χ3n) is 2.92. The lowest BCUT2D eigenvalue weighted by Gasteiger charge is -2.26. The minimum absolute atomic E-state index is 0.451. The van der Waals surface area contributed by atoms with Crippen molar-refractivity contribution in [3.63, 3.8) is 0 Å². The molecule has 0 radical (unpaired) electrons. The van der Waals surface area contributed by atoms with Gasteiger partial charge in [0, 0.05) is 12.3 Å². The summed E-state index contributed by atoms with van der Waals surface area (Å²) in [5.41, 5.74) is -1.93. The Bertz CT molecular complexity index is 710. The van der Waals surface area contributed by atoms with E-state index in [0.29, 0.717) is 4.57 Å². The molecular weight excluding hydrogens is 330 g/mol. The van der Waals surface area contributed by atoms with Crippen LogP contribution in [0.5, 0.6) is 0 Å². The largest absolute Gasteiger partial charge is 0.470 e. The standard InChI is InChI=1S/C9H12FN2O9P/c10-9(16)6(21-22(17,18)19)4(3-13)20-7(9)12-2-1-5(14)11-8(12)15/h1-2,4,6-7,13,16H,3H2,(H,11,14,15)(H2,17,18,19)/t4-,6-,7-,9-/m1/s1. The fourth-order valence-electron chi connectivity index (χ4n) is 2.03. The second-order valence-corrected chi connectivity index (χ2v) is 5.66. The highest BCUT2D eigenvalue weighted by Gasteiger charge is 2.60. The van der Waals surface area contributed by atoms with Crippen LogP contribution in [0, 0.1) is 0 Å². The van der Waals surface area contributed by atoms with Crippen molar-refractivity contribution in [2.75, 3.05) is 6.61 Å². The molecule has 13 heteroatoms. The molecular formula is C9H12FN2O9P. The van der Waals surface area contributed by atoms with E-state index in [1.54, 1.807) is 4.98 Å². The molecule has 1 fully saturated rings. The molecule has 5 N–H and O–H groups in total. The number of nitrogens with zero attached hydrogens (tertiary/aromatic N) is 1. The molecule has 0 unspecified atom stereocenters. The SMILES string of the molecule is O=c1ccn([C@@H]2O[C@H](CO)[C@@H](OP(=O)(O)O)[C@]2(O)F)c(=O)[nH]1. The fourth-order valence-corrected chi connectivity index (χ4v) is 2.61. The summed E-state index contributed by atoms with van der Waals surface area (Å²) in [5.74, 6) is -3.56. The molecule has 2 heterocycles. The molecule has 11 nitrogen and oxygen atoms in total. The summed E-state index contributed by atoms with van der Waals surface area (Å²) in [6, 6.07) is 0.839. The maximum absolute atomic E-state index is 14.5. The normalized spacial score (nSPS) is 32.3. The Morgan fingerprint density at radius 2 is 2.14 bits per heavy atom. The van der Waals surface area contributed by atoms with Gasteiger partial charge in [-0.25, -0.2) is 13.8 Å². The van der Waals surface area contributed by atoms with Crippen LogP contribution < -0.4 is 11.2 Å². The third-order valence-corrected chi connectivity index (χ3v) is 3.42. The Balaban J connectivity index is 2.44. The van der Waals surface area contributed by atoms with E-state index in [-0.39, 0.29) is 0 Å². The molecule has 2 rings (SSSR count). The second kappa shape index (κ2) is 5.66. The van der Waals surface area contributed by atoms with Crippen LogP contribution in [0.15, 0.2) is 21.9 Å². The number of alkyl halides is 1. The molecule has 0 bridgehead atoms. The van der Waals surface area contributed by atoms with Crippen molar-refractivity contribution in [2.45, 2.75) is 24.3 Å². The first-order valence-corrected chi connectivity index (χ1v) is 7.32. The summed E-state index contributed by atoms with van der Waals surface area (Å²) < 4.78 is 34.7. The molecule has 0 spiro atoms. The van der Waals surface area contributed by atoms with Gasteiger partial charge in [-0.1, -0.05) is 0 Å². The first-order valence-electron chi connectivity index (χ1n) is 5.79. The molecule has 124 valence electrons. The number of aliphatic hydroxyl groups is 2. The first-order chi connectivity index (χ1) is 10.1. The van der Waals surface area contributed by atoms with E-state index < -0.39 is 50.0 Å². The van der Waals surface area contributed by atoms with Gasteiger partial charge in [-0.05, 0) is 0 Å². The van der Waals surface area contributed by atoms with Crippen molar-refractivity contribution in [3.8, 4) is 0 Å². The average Bonchev–Trinajstić information content (AvgIpc) is 2.60. The number of aromatic nitrogens is 2. The smallest absolute Gasteiger partial charge is 0.394 e. The number of ether oxygens (including phenoxy) is 1. The van der Waals surface area contributed by atoms with Crippen molar-refractivity contribution in [1.82, 2.24) is 9.55 Å². The van der Waals surface area contributed by atoms with E-state index >= 15 is 0 Å². The van der Waals surface area contributed by atoms with Gasteiger partial charge in [0.05, 0.1) is 6.61 Å². The van der Waals surface area contributed by atoms with E-state index in [0.717, 1.165) is 12.3 Å². The van der Waals surface area contributed by atoms with Crippen LogP contribution in [0.25, 0.3) is 0 Å². The lowest BCUT2D eigenvalue weighted by Crippen LogP contribution is -2.46. The van der Waals surface area contributed by atoms with E-state index in [9.17, 15) is 23.7 Å². The van der Waals surface area contributed by atoms with Crippen LogP contribution in [0.4, 0.5) is 4.39 Å². The fraction of sp³-hybridized carbons (Fsp3) is 0.556. The number of halogens is 1. The Morgan fingerprint density at radius 3 is 2.64 bits per heavy atom. The van der Waals surface area contributed by atoms with Gasteiger partial charge in [0.25, 0.3) is 11.4 Å². The summed E-state index contributed by atoms with van der Waals surface area (Å²) in [4.78, 5) is 41.8. The first kappa shape index (κ1) is 17.0. The molecule has 0 aromatic carbocycles. The van der Waals surface area contributed by atoms with Crippen molar-refractivity contribution in [1.29, 1.82) is 0 Å². The zero-order chi connectivity index (χ0) is 16.7. The Morgan fingerprint density at radius 1 is 1.50 bits per heavy atom. The van der Waals surface area contributed by atoms with Gasteiger partial charge in [-0.3, -0.25) is 18.9 Å². The van der Waals surface area contributed by atoms with Crippen LogP contribution in [-0.4, -0.2) is 54.2 Å². The highest BCUT2D eigenvalue weighted by atomic mass is 31.2. The topological polar surface area (TPSA) is 171 Å². The number of phosphoric ester groups is 1. The summed E-state index contributed by atoms with van der Waals surface area (Å²) in [6.07, 6.45) is -5.20. The second-order valence-electron chi connectivity index (χ2n) is 4.47. The molecule has 22 heavy (non-hydrogen) atoms. The molecule has 1 aliphatic heterocycles. The van der Waals surface area contributed by atoms with Gasteiger partial charge in [-0.2, -0.15) is 0 Å². The lowest BCUT2D eigenvalue weighted by atomic mass is 10.1. The number of hydrogen-bond donors (Lipinski definition) is 5. The number of aromatic amines is 1. The van der Waals surface area contributed by atoms with Crippen molar-refractivity contribution >= 4 is 7.82 Å². The van der Waals surface area contributed by atoms with Gasteiger partial charge >= 0.3 is 13.5 Å². The van der Waals surface area contributed by atoms with Gasteiger partial charge in [0.15, 0.2) is 12.3 Å². The predicted octanol–water partition coefficient (Wildman–Crippen LogP) is -2.44. The zero-order valence-electron chi connectivity index (χ0n) is 10.7. The lowest BCUT2D eigenvalue weighted by molar-refractivity contribution is -0.194. The summed E-state index contributed by atoms with van der Waals surface area (Å²) in [5, 5.41) is 18.9. The number of aliphatic hydroxyl groups excluding tert-OH is 1. The van der Waals surface area contributed by atoms with Crippen LogP contribution in [-0.2, 0) is 13.8 Å². The highest BCUT2D eigenvalue weighted by Crippen LogP contribution is 2.48. The minimum Gasteiger partial charge on any atom is -0.394 e. The van der Waals surface area contributed by atoms with Crippen molar-refractivity contribution in [2.24, 2.45) is 0 Å². The maximum atomic E-state index is 14.5. The van der Waals surface area contributed by atoms with Crippen LogP contribution >= 0.6 is 7.82 Å². The van der Waals surface area contributed by atoms with Crippen molar-refractivity contribution in [3.05, 3.63) is 33.1 Å². The number of H-pyrrole nitrogens is 1. The van der Waals surface area contributed by atoms with Crippen LogP contribution in [0.3, 0.4) is 0 Å². The minimum atomic E-state index is -5.22. The molecule has 1 saturated heterocycles. The number of phosphoric acid groups is 1. The van der Waals surface area contributed by atoms with Gasteiger partial charge in [0.2, 0.25) is 0 Å². The summed E-state index contributed by atoms with van der Waals surface area (Å²) >= 11 is 0. The average molecular weight is 342 g/mol. The molecule has 1 aromatic heterocycles. The molecule has 4 atom stereocenters. The van der Waals surface area contributed by atoms with E-state index in [4.69, 9.17) is 19.6 Å².